The van der Waals surface area contributed by atoms with Crippen molar-refractivity contribution in [2.45, 2.75) is 33.0 Å². The molecule has 0 aliphatic carbocycles. The molecule has 1 aromatic carbocycles. The van der Waals surface area contributed by atoms with Crippen LogP contribution in [0, 0.1) is 12.9 Å². The van der Waals surface area contributed by atoms with Crippen LogP contribution in [0.1, 0.15) is 24.6 Å². The number of nitrogens with zero attached hydrogens (tertiary/aromatic N) is 3. The number of aryl methyl sites for hydroxylation is 1. The fourth-order valence-electron chi connectivity index (χ4n) is 3.68. The Bertz CT molecular complexity index is 979. The molecule has 1 saturated heterocycles. The van der Waals surface area contributed by atoms with Crippen molar-refractivity contribution in [1.82, 2.24) is 9.97 Å². The molecule has 1 aliphatic rings. The van der Waals surface area contributed by atoms with Crippen LogP contribution in [0.2, 0.25) is 0 Å². The Morgan fingerprint density at radius 1 is 1.25 bits per heavy atom. The van der Waals surface area contributed by atoms with Crippen molar-refractivity contribution >= 4 is 16.6 Å². The number of fused-ring (bicyclic) bond motifs is 1. The normalized spacial score (nSPS) is 16.7. The van der Waals surface area contributed by atoms with Crippen LogP contribution in [0.4, 0.5) is 10.1 Å². The minimum atomic E-state index is -0.502. The van der Waals surface area contributed by atoms with Gasteiger partial charge >= 0.3 is 0 Å². The Morgan fingerprint density at radius 2 is 2.14 bits per heavy atom. The van der Waals surface area contributed by atoms with Gasteiger partial charge in [0.1, 0.15) is 12.4 Å². The fraction of sp³-hybridized carbons (Fsp3) is 0.364. The Kier molecular flexibility index (Phi) is 5.39. The van der Waals surface area contributed by atoms with Crippen LogP contribution in [0.3, 0.4) is 0 Å². The summed E-state index contributed by atoms with van der Waals surface area (Å²) >= 11 is 0. The second kappa shape index (κ2) is 8.10. The first-order valence-electron chi connectivity index (χ1n) is 9.64. The van der Waals surface area contributed by atoms with Gasteiger partial charge in [0.2, 0.25) is 5.95 Å². The van der Waals surface area contributed by atoms with Gasteiger partial charge in [-0.3, -0.25) is 4.98 Å². The lowest BCUT2D eigenvalue weighted by Crippen LogP contribution is -2.23. The molecule has 0 unspecified atom stereocenters. The number of ether oxygens (including phenoxy) is 2. The number of hydrogen-bond acceptors (Lipinski definition) is 5. The van der Waals surface area contributed by atoms with E-state index in [2.05, 4.69) is 20.9 Å². The number of rotatable bonds is 6. The van der Waals surface area contributed by atoms with E-state index in [0.29, 0.717) is 11.3 Å². The highest BCUT2D eigenvalue weighted by molar-refractivity contribution is 5.93. The van der Waals surface area contributed by atoms with Gasteiger partial charge in [-0.15, -0.1) is 0 Å². The van der Waals surface area contributed by atoms with Gasteiger partial charge in [-0.25, -0.2) is 4.98 Å². The monoisotopic (exact) mass is 381 g/mol. The molecule has 0 amide bonds. The molecule has 4 rings (SSSR count). The molecule has 0 N–H and O–H groups in total. The van der Waals surface area contributed by atoms with Crippen LogP contribution in [-0.2, 0) is 11.3 Å². The molecule has 5 nitrogen and oxygen atoms in total. The van der Waals surface area contributed by atoms with Crippen molar-refractivity contribution < 1.29 is 13.9 Å². The molecule has 6 heteroatoms. The lowest BCUT2D eigenvalue weighted by atomic mass is 10.1. The third-order valence-electron chi connectivity index (χ3n) is 5.01. The van der Waals surface area contributed by atoms with Gasteiger partial charge in [-0.2, -0.15) is 4.39 Å². The molecule has 0 radical (unpaired) electrons. The Balaban J connectivity index is 1.57. The van der Waals surface area contributed by atoms with Crippen LogP contribution in [0.15, 0.2) is 42.6 Å². The average Bonchev–Trinajstić information content (AvgIpc) is 3.15. The van der Waals surface area contributed by atoms with Crippen LogP contribution in [0.5, 0.6) is 5.75 Å². The first-order valence-corrected chi connectivity index (χ1v) is 9.64. The zero-order chi connectivity index (χ0) is 19.5. The summed E-state index contributed by atoms with van der Waals surface area (Å²) in [7, 11) is 0. The molecular weight excluding hydrogens is 357 g/mol. The van der Waals surface area contributed by atoms with E-state index >= 15 is 0 Å². The Hall–Kier alpha value is -2.73. The number of hydrogen-bond donors (Lipinski definition) is 0. The van der Waals surface area contributed by atoms with E-state index in [4.69, 9.17) is 9.47 Å². The number of pyridine rings is 2. The number of anilines is 1. The van der Waals surface area contributed by atoms with Gasteiger partial charge in [0.15, 0.2) is 0 Å². The van der Waals surface area contributed by atoms with E-state index in [9.17, 15) is 4.39 Å². The quantitative estimate of drug-likeness (QED) is 0.597. The van der Waals surface area contributed by atoms with Crippen LogP contribution in [0.25, 0.3) is 10.9 Å². The van der Waals surface area contributed by atoms with E-state index < -0.39 is 5.95 Å². The molecule has 0 saturated carbocycles. The molecule has 1 atom stereocenters. The standard InChI is InChI=1S/C22H24FN3O2/c1-3-27-18-8-10-26(13-18)21-11-15(2)25-20-12-17(6-7-19(20)21)28-14-16-5-4-9-24-22(16)23/h4-7,9,11-12,18H,3,8,10,13-14H2,1-2H3/t18-/m0/s1. The number of aromatic nitrogens is 2. The molecule has 28 heavy (non-hydrogen) atoms. The SMILES string of the molecule is CCO[C@H]1CCN(c2cc(C)nc3cc(OCc4cccnc4F)ccc23)C1. The first kappa shape index (κ1) is 18.6. The molecule has 2 aromatic heterocycles. The number of benzene rings is 1. The summed E-state index contributed by atoms with van der Waals surface area (Å²) in [5.74, 6) is 0.158. The lowest BCUT2D eigenvalue weighted by Gasteiger charge is -2.21. The maximum atomic E-state index is 13.7. The van der Waals surface area contributed by atoms with Gasteiger partial charge in [0.25, 0.3) is 0 Å². The summed E-state index contributed by atoms with van der Waals surface area (Å²) in [5, 5.41) is 1.09. The molecule has 3 aromatic rings. The number of halogens is 1. The Labute approximate surface area is 164 Å². The summed E-state index contributed by atoms with van der Waals surface area (Å²) in [4.78, 5) is 10.7. The van der Waals surface area contributed by atoms with Crippen molar-refractivity contribution in [2.75, 3.05) is 24.6 Å². The third-order valence-corrected chi connectivity index (χ3v) is 5.01. The van der Waals surface area contributed by atoms with Crippen molar-refractivity contribution in [3.05, 3.63) is 59.8 Å². The van der Waals surface area contributed by atoms with Crippen LogP contribution >= 0.6 is 0 Å². The highest BCUT2D eigenvalue weighted by atomic mass is 19.1. The third kappa shape index (κ3) is 3.92. The van der Waals surface area contributed by atoms with E-state index in [1.165, 1.54) is 11.9 Å². The van der Waals surface area contributed by atoms with Gasteiger partial charge in [-0.1, -0.05) is 0 Å². The minimum Gasteiger partial charge on any atom is -0.489 e. The molecule has 146 valence electrons. The van der Waals surface area contributed by atoms with E-state index in [1.54, 1.807) is 12.1 Å². The smallest absolute Gasteiger partial charge is 0.219 e. The van der Waals surface area contributed by atoms with Gasteiger partial charge in [0.05, 0.1) is 11.6 Å². The lowest BCUT2D eigenvalue weighted by molar-refractivity contribution is 0.0788. The van der Waals surface area contributed by atoms with Gasteiger partial charge in [0, 0.05) is 54.3 Å². The van der Waals surface area contributed by atoms with Crippen molar-refractivity contribution in [3.63, 3.8) is 0 Å². The maximum Gasteiger partial charge on any atom is 0.219 e. The molecular formula is C22H24FN3O2. The van der Waals surface area contributed by atoms with Gasteiger partial charge in [-0.05, 0) is 50.6 Å². The van der Waals surface area contributed by atoms with Gasteiger partial charge < -0.3 is 14.4 Å². The van der Waals surface area contributed by atoms with Crippen molar-refractivity contribution in [1.29, 1.82) is 0 Å². The highest BCUT2D eigenvalue weighted by Crippen LogP contribution is 2.32. The average molecular weight is 381 g/mol. The minimum absolute atomic E-state index is 0.131. The second-order valence-electron chi connectivity index (χ2n) is 7.02. The molecule has 0 spiro atoms. The largest absolute Gasteiger partial charge is 0.489 e. The molecule has 3 heterocycles. The zero-order valence-electron chi connectivity index (χ0n) is 16.2. The predicted molar refractivity (Wildman–Crippen MR) is 107 cm³/mol. The predicted octanol–water partition coefficient (Wildman–Crippen LogP) is 4.27. The maximum absolute atomic E-state index is 13.7. The van der Waals surface area contributed by atoms with E-state index in [0.717, 1.165) is 42.7 Å². The van der Waals surface area contributed by atoms with Crippen molar-refractivity contribution in [3.8, 4) is 5.75 Å². The summed E-state index contributed by atoms with van der Waals surface area (Å²) in [6, 6.07) is 11.3. The van der Waals surface area contributed by atoms with Crippen molar-refractivity contribution in [2.24, 2.45) is 0 Å². The fourth-order valence-corrected chi connectivity index (χ4v) is 3.68. The van der Waals surface area contributed by atoms with Crippen LogP contribution in [-0.4, -0.2) is 35.8 Å². The topological polar surface area (TPSA) is 47.5 Å². The van der Waals surface area contributed by atoms with E-state index in [1.807, 2.05) is 32.0 Å². The van der Waals surface area contributed by atoms with E-state index in [-0.39, 0.29) is 12.7 Å². The Morgan fingerprint density at radius 3 is 2.96 bits per heavy atom. The summed E-state index contributed by atoms with van der Waals surface area (Å²) in [6.45, 7) is 6.77. The second-order valence-corrected chi connectivity index (χ2v) is 7.02. The summed E-state index contributed by atoms with van der Waals surface area (Å²) in [5.41, 5.74) is 3.44. The molecule has 0 bridgehead atoms. The summed E-state index contributed by atoms with van der Waals surface area (Å²) < 4.78 is 25.3. The molecule has 1 aliphatic heterocycles. The highest BCUT2D eigenvalue weighted by Gasteiger charge is 2.24. The van der Waals surface area contributed by atoms with Crippen LogP contribution < -0.4 is 9.64 Å². The first-order chi connectivity index (χ1) is 13.6. The zero-order valence-corrected chi connectivity index (χ0v) is 16.2. The summed E-state index contributed by atoms with van der Waals surface area (Å²) in [6.07, 6.45) is 2.75. The molecule has 1 fully saturated rings.